The Morgan fingerprint density at radius 2 is 1.10 bits per heavy atom. The Kier molecular flexibility index (Phi) is 18.2. The molecule has 0 bridgehead atoms. The third-order valence-electron chi connectivity index (χ3n) is 8.67. The smallest absolute Gasteiger partial charge is 0.441 e. The monoisotopic (exact) mass is 983 g/mol. The quantitative estimate of drug-likeness (QED) is 0.0447. The third-order valence-corrected chi connectivity index (χ3v) is 12.6. The lowest BCUT2D eigenvalue weighted by molar-refractivity contribution is -0.123. The maximum atomic E-state index is 15.2. The Morgan fingerprint density at radius 1 is 0.642 bits per heavy atom. The fraction of sp³-hybridized carbons (Fsp3) is 0.396. The predicted molar refractivity (Wildman–Crippen MR) is 256 cm³/mol. The second kappa shape index (κ2) is 22.7. The second-order valence-corrected chi connectivity index (χ2v) is 22.2. The summed E-state index contributed by atoms with van der Waals surface area (Å²) >= 11 is 7.23. The molecule has 0 heterocycles. The van der Waals surface area contributed by atoms with Crippen molar-refractivity contribution in [1.82, 2.24) is 9.91 Å². The highest BCUT2D eigenvalue weighted by molar-refractivity contribution is 8.72. The number of amides is 4. The molecule has 0 aliphatic rings. The van der Waals surface area contributed by atoms with Crippen LogP contribution in [0.3, 0.4) is 0 Å². The molecule has 0 aliphatic heterocycles. The highest BCUT2D eigenvalue weighted by atomic mass is 35.5. The van der Waals surface area contributed by atoms with E-state index in [1.807, 2.05) is 6.92 Å². The van der Waals surface area contributed by atoms with Crippen LogP contribution in [0.2, 0.25) is 5.02 Å². The number of carbonyl (C=O) groups excluding carboxylic acids is 4. The van der Waals surface area contributed by atoms with E-state index in [0.29, 0.717) is 32.8 Å². The zero-order chi connectivity index (χ0) is 49.9. The summed E-state index contributed by atoms with van der Waals surface area (Å²) in [6, 6.07) is 23.1. The molecule has 0 aromatic heterocycles. The molecule has 362 valence electrons. The van der Waals surface area contributed by atoms with Gasteiger partial charge < -0.3 is 33.2 Å². The van der Waals surface area contributed by atoms with Crippen LogP contribution in [0.25, 0.3) is 0 Å². The van der Waals surface area contributed by atoms with Gasteiger partial charge in [0.1, 0.15) is 41.5 Å². The largest absolute Gasteiger partial charge is 0.497 e. The van der Waals surface area contributed by atoms with E-state index in [4.69, 9.17) is 44.8 Å². The topological polar surface area (TPSA) is 186 Å². The summed E-state index contributed by atoms with van der Waals surface area (Å²) in [5.41, 5.74) is -2.26. The van der Waals surface area contributed by atoms with Crippen LogP contribution < -0.4 is 18.9 Å². The number of ether oxygens (including phenoxy) is 7. The lowest BCUT2D eigenvalue weighted by Gasteiger charge is -2.28. The number of methoxy groups -OCH3 is 2. The number of carbonyl (C=O) groups is 4. The van der Waals surface area contributed by atoms with Crippen LogP contribution in [0.1, 0.15) is 84.6 Å². The van der Waals surface area contributed by atoms with E-state index in [1.54, 1.807) is 130 Å². The van der Waals surface area contributed by atoms with Crippen molar-refractivity contribution in [2.45, 2.75) is 104 Å². The minimum atomic E-state index is -3.99. The number of hydrogen-bond acceptors (Lipinski definition) is 15. The molecule has 4 amide bonds. The molecule has 67 heavy (non-hydrogen) atoms. The maximum absolute atomic E-state index is 15.2. The summed E-state index contributed by atoms with van der Waals surface area (Å²) < 4.78 is 66.7. The average Bonchev–Trinajstić information content (AvgIpc) is 3.23. The fourth-order valence-corrected chi connectivity index (χ4v) is 8.55. The number of halogens is 1. The molecule has 0 unspecified atom stereocenters. The minimum absolute atomic E-state index is 0.00844. The van der Waals surface area contributed by atoms with E-state index in [9.17, 15) is 22.8 Å². The van der Waals surface area contributed by atoms with Gasteiger partial charge in [0, 0.05) is 17.9 Å². The standard InChI is InChI=1S/C48H58ClN3O13S2/c1-31-13-23-36(24-14-31)67(57,58)66-28-27-51(43(54)63-46(2,3)4)42(53)40(50-52(44(55)64-47(5,6)7)45(56)65-48(8,9)10)37-25-26-38(61-29-32-15-19-34(59-11)20-16-32)41(39(37)49)62-30-33-17-21-35(60-12)22-18-33/h13-26H,27-30H2,1-12H3/b50-40-. The van der Waals surface area contributed by atoms with Crippen LogP contribution >= 0.6 is 22.4 Å². The van der Waals surface area contributed by atoms with Crippen molar-refractivity contribution in [2.24, 2.45) is 5.10 Å². The molecule has 4 aromatic rings. The van der Waals surface area contributed by atoms with Gasteiger partial charge in [0.15, 0.2) is 17.2 Å². The van der Waals surface area contributed by atoms with Gasteiger partial charge in [-0.2, -0.15) is 5.10 Å². The summed E-state index contributed by atoms with van der Waals surface area (Å²) in [6.45, 7) is 15.2. The van der Waals surface area contributed by atoms with Crippen LogP contribution in [-0.2, 0) is 41.1 Å². The van der Waals surface area contributed by atoms with Gasteiger partial charge in [-0.25, -0.2) is 27.7 Å². The lowest BCUT2D eigenvalue weighted by Crippen LogP contribution is -2.47. The van der Waals surface area contributed by atoms with E-state index in [0.717, 1.165) is 11.1 Å². The van der Waals surface area contributed by atoms with Gasteiger partial charge in [-0.05, 0) is 140 Å². The first kappa shape index (κ1) is 53.6. The summed E-state index contributed by atoms with van der Waals surface area (Å²) in [5.74, 6) is -0.342. The molecule has 0 atom stereocenters. The Hall–Kier alpha value is -5.98. The number of imide groups is 2. The number of rotatable bonds is 16. The van der Waals surface area contributed by atoms with E-state index >= 15 is 4.79 Å². The summed E-state index contributed by atoms with van der Waals surface area (Å²) in [6.07, 6.45) is -3.89. The van der Waals surface area contributed by atoms with E-state index in [1.165, 1.54) is 31.4 Å². The van der Waals surface area contributed by atoms with Crippen LogP contribution in [0.15, 0.2) is 94.9 Å². The highest BCUT2D eigenvalue weighted by Crippen LogP contribution is 2.40. The third kappa shape index (κ3) is 16.4. The number of benzene rings is 4. The number of nitrogens with zero attached hydrogens (tertiary/aromatic N) is 3. The van der Waals surface area contributed by atoms with Gasteiger partial charge in [0.05, 0.1) is 24.1 Å². The molecule has 0 spiro atoms. The van der Waals surface area contributed by atoms with Crippen molar-refractivity contribution in [3.8, 4) is 23.0 Å². The van der Waals surface area contributed by atoms with Crippen LogP contribution in [0, 0.1) is 6.92 Å². The molecule has 16 nitrogen and oxygen atoms in total. The highest BCUT2D eigenvalue weighted by Gasteiger charge is 2.38. The number of hydrogen-bond donors (Lipinski definition) is 0. The minimum Gasteiger partial charge on any atom is -0.497 e. The molecule has 0 aliphatic carbocycles. The molecule has 19 heteroatoms. The number of hydrazone groups is 1. The first-order valence-electron chi connectivity index (χ1n) is 20.9. The van der Waals surface area contributed by atoms with Crippen molar-refractivity contribution in [2.75, 3.05) is 26.5 Å². The lowest BCUT2D eigenvalue weighted by atomic mass is 10.1. The first-order chi connectivity index (χ1) is 31.2. The summed E-state index contributed by atoms with van der Waals surface area (Å²) in [4.78, 5) is 57.7. The Bertz CT molecular complexity index is 2480. The van der Waals surface area contributed by atoms with Crippen molar-refractivity contribution in [1.29, 1.82) is 0 Å². The zero-order valence-corrected chi connectivity index (χ0v) is 42.1. The molecular weight excluding hydrogens is 926 g/mol. The van der Waals surface area contributed by atoms with Crippen molar-refractivity contribution >= 4 is 61.2 Å². The maximum Gasteiger partial charge on any atom is 0.441 e. The average molecular weight is 985 g/mol. The van der Waals surface area contributed by atoms with Crippen LogP contribution in [0.4, 0.5) is 14.4 Å². The van der Waals surface area contributed by atoms with Gasteiger partial charge in [-0.1, -0.05) is 58.6 Å². The molecule has 0 radical (unpaired) electrons. The van der Waals surface area contributed by atoms with E-state index < -0.39 is 62.1 Å². The fourth-order valence-electron chi connectivity index (χ4n) is 5.54. The van der Waals surface area contributed by atoms with Crippen LogP contribution in [-0.4, -0.2) is 91.5 Å². The Morgan fingerprint density at radius 3 is 1.57 bits per heavy atom. The van der Waals surface area contributed by atoms with Crippen molar-refractivity contribution < 1.29 is 60.8 Å². The molecule has 0 fully saturated rings. The predicted octanol–water partition coefficient (Wildman–Crippen LogP) is 10.6. The Labute approximate surface area is 401 Å². The van der Waals surface area contributed by atoms with E-state index in [-0.39, 0.29) is 51.0 Å². The van der Waals surface area contributed by atoms with E-state index in [2.05, 4.69) is 5.10 Å². The SMILES string of the molecule is COc1ccc(COc2ccc(/C(=N/N(C(=O)OC(C)(C)C)C(=O)OC(C)(C)C)C(=O)N(CCSS(=O)(=O)c3ccc(C)cc3)C(=O)OC(C)(C)C)c(Cl)c2OCc2ccc(OC)cc2)cc1. The first-order valence-corrected chi connectivity index (χ1v) is 24.3. The van der Waals surface area contributed by atoms with Crippen molar-refractivity contribution in [3.63, 3.8) is 0 Å². The molecule has 0 saturated heterocycles. The van der Waals surface area contributed by atoms with Gasteiger partial charge in [-0.15, -0.1) is 0 Å². The van der Waals surface area contributed by atoms with Crippen LogP contribution in [0.5, 0.6) is 23.0 Å². The molecule has 0 saturated carbocycles. The molecule has 0 N–H and O–H groups in total. The summed E-state index contributed by atoms with van der Waals surface area (Å²) in [7, 11) is -0.427. The van der Waals surface area contributed by atoms with Gasteiger partial charge in [0.2, 0.25) is 8.87 Å². The Balaban J connectivity index is 1.95. The summed E-state index contributed by atoms with van der Waals surface area (Å²) in [5, 5.41) is 4.19. The zero-order valence-electron chi connectivity index (χ0n) is 39.8. The van der Waals surface area contributed by atoms with Crippen molar-refractivity contribution in [3.05, 3.63) is 112 Å². The normalized spacial score (nSPS) is 12.1. The van der Waals surface area contributed by atoms with Gasteiger partial charge in [0.25, 0.3) is 5.91 Å². The van der Waals surface area contributed by atoms with Gasteiger partial charge in [-0.3, -0.25) is 4.79 Å². The molecular formula is C48H58ClN3O13S2. The number of aryl methyl sites for hydroxylation is 1. The molecule has 4 aromatic carbocycles. The molecule has 4 rings (SSSR count). The van der Waals surface area contributed by atoms with Gasteiger partial charge >= 0.3 is 18.3 Å². The second-order valence-electron chi connectivity index (χ2n) is 17.8.